The molecule has 0 aliphatic rings. The van der Waals surface area contributed by atoms with Crippen molar-refractivity contribution in [2.24, 2.45) is 4.99 Å². The van der Waals surface area contributed by atoms with E-state index in [1.807, 2.05) is 20.8 Å². The maximum Gasteiger partial charge on any atom is 0.191 e. The number of aliphatic imine (C=N–C) groups is 1. The van der Waals surface area contributed by atoms with E-state index < -0.39 is 0 Å². The third-order valence-electron chi connectivity index (χ3n) is 3.34. The Labute approximate surface area is 144 Å². The second-order valence-electron chi connectivity index (χ2n) is 5.28. The lowest BCUT2D eigenvalue weighted by Gasteiger charge is -2.17. The van der Waals surface area contributed by atoms with Gasteiger partial charge in [0.25, 0.3) is 0 Å². The van der Waals surface area contributed by atoms with Crippen molar-refractivity contribution in [3.05, 3.63) is 30.1 Å². The molecule has 0 spiro atoms. The molecule has 0 aromatic heterocycles. The van der Waals surface area contributed by atoms with Crippen LogP contribution in [-0.2, 0) is 4.74 Å². The Morgan fingerprint density at radius 1 is 1.21 bits per heavy atom. The lowest BCUT2D eigenvalue weighted by Crippen LogP contribution is -2.39. The fraction of sp³-hybridized carbons (Fsp3) is 0.611. The molecule has 0 fully saturated rings. The first-order valence-corrected chi connectivity index (χ1v) is 8.72. The number of benzene rings is 1. The Bertz CT molecular complexity index is 483. The van der Waals surface area contributed by atoms with E-state index in [2.05, 4.69) is 15.6 Å². The van der Waals surface area contributed by atoms with Crippen LogP contribution in [0.2, 0.25) is 0 Å². The molecule has 2 N–H and O–H groups in total. The highest BCUT2D eigenvalue weighted by Crippen LogP contribution is 2.18. The summed E-state index contributed by atoms with van der Waals surface area (Å²) >= 11 is 0. The number of halogens is 1. The monoisotopic (exact) mass is 339 g/mol. The second-order valence-corrected chi connectivity index (χ2v) is 5.28. The van der Waals surface area contributed by atoms with E-state index in [0.717, 1.165) is 45.1 Å². The summed E-state index contributed by atoms with van der Waals surface area (Å²) < 4.78 is 24.7. The predicted octanol–water partition coefficient (Wildman–Crippen LogP) is 2.96. The van der Waals surface area contributed by atoms with E-state index >= 15 is 0 Å². The van der Waals surface area contributed by atoms with Gasteiger partial charge in [0.05, 0.1) is 6.54 Å². The number of rotatable bonds is 11. The van der Waals surface area contributed by atoms with Crippen molar-refractivity contribution in [3.8, 4) is 5.75 Å². The van der Waals surface area contributed by atoms with Crippen LogP contribution >= 0.6 is 0 Å². The summed E-state index contributed by atoms with van der Waals surface area (Å²) in [4.78, 5) is 4.53. The quantitative estimate of drug-likeness (QED) is 0.370. The Hall–Kier alpha value is -1.82. The largest absolute Gasteiger partial charge is 0.485 e. The van der Waals surface area contributed by atoms with Crippen molar-refractivity contribution in [1.82, 2.24) is 10.6 Å². The number of nitrogens with zero attached hydrogens (tertiary/aromatic N) is 1. The summed E-state index contributed by atoms with van der Waals surface area (Å²) in [5.41, 5.74) is 0. The smallest absolute Gasteiger partial charge is 0.191 e. The van der Waals surface area contributed by atoms with Crippen molar-refractivity contribution in [3.63, 3.8) is 0 Å². The topological polar surface area (TPSA) is 54.9 Å². The fourth-order valence-electron chi connectivity index (χ4n) is 2.03. The van der Waals surface area contributed by atoms with Gasteiger partial charge in [-0.05, 0) is 38.8 Å². The Kier molecular flexibility index (Phi) is 10.6. The molecule has 5 nitrogen and oxygen atoms in total. The van der Waals surface area contributed by atoms with Crippen LogP contribution in [0.4, 0.5) is 4.39 Å². The highest BCUT2D eigenvalue weighted by Gasteiger charge is 2.11. The molecule has 6 heteroatoms. The number of hydrogen-bond donors (Lipinski definition) is 2. The van der Waals surface area contributed by atoms with Crippen LogP contribution in [0.1, 0.15) is 33.6 Å². The van der Waals surface area contributed by atoms with Crippen LogP contribution in [0, 0.1) is 5.82 Å². The maximum absolute atomic E-state index is 13.7. The SMILES string of the molecule is CCNC(=NCC(CC)Oc1ccccc1F)NCCCOCC. The lowest BCUT2D eigenvalue weighted by atomic mass is 10.2. The maximum atomic E-state index is 13.7. The molecule has 1 aromatic rings. The minimum absolute atomic E-state index is 0.166. The van der Waals surface area contributed by atoms with Gasteiger partial charge in [-0.2, -0.15) is 0 Å². The minimum atomic E-state index is -0.346. The zero-order valence-electron chi connectivity index (χ0n) is 15.0. The van der Waals surface area contributed by atoms with Crippen molar-refractivity contribution in [2.45, 2.75) is 39.7 Å². The second kappa shape index (κ2) is 12.6. The number of hydrogen-bond acceptors (Lipinski definition) is 3. The van der Waals surface area contributed by atoms with Crippen LogP contribution in [0.25, 0.3) is 0 Å². The third-order valence-corrected chi connectivity index (χ3v) is 3.34. The minimum Gasteiger partial charge on any atom is -0.485 e. The molecule has 0 saturated heterocycles. The van der Waals surface area contributed by atoms with Gasteiger partial charge in [-0.1, -0.05) is 19.1 Å². The van der Waals surface area contributed by atoms with Gasteiger partial charge in [-0.15, -0.1) is 0 Å². The first-order chi connectivity index (χ1) is 11.7. The molecule has 1 rings (SSSR count). The number of para-hydroxylation sites is 1. The van der Waals surface area contributed by atoms with E-state index in [1.165, 1.54) is 6.07 Å². The van der Waals surface area contributed by atoms with E-state index in [4.69, 9.17) is 9.47 Å². The Morgan fingerprint density at radius 3 is 2.67 bits per heavy atom. The summed E-state index contributed by atoms with van der Waals surface area (Å²) in [6, 6.07) is 6.45. The highest BCUT2D eigenvalue weighted by molar-refractivity contribution is 5.79. The normalized spacial score (nSPS) is 12.8. The van der Waals surface area contributed by atoms with Crippen LogP contribution in [0.3, 0.4) is 0 Å². The molecule has 0 aliphatic heterocycles. The molecule has 0 heterocycles. The Morgan fingerprint density at radius 2 is 2.00 bits per heavy atom. The van der Waals surface area contributed by atoms with E-state index in [9.17, 15) is 4.39 Å². The standard InChI is InChI=1S/C18H30FN3O2/c1-4-15(24-17-11-8-7-10-16(17)19)14-22-18(20-5-2)21-12-9-13-23-6-3/h7-8,10-11,15H,4-6,9,12-14H2,1-3H3,(H2,20,21,22). The predicted molar refractivity (Wildman–Crippen MR) is 96.2 cm³/mol. The van der Waals surface area contributed by atoms with E-state index in [0.29, 0.717) is 6.54 Å². The van der Waals surface area contributed by atoms with Gasteiger partial charge in [0, 0.05) is 26.3 Å². The van der Waals surface area contributed by atoms with Crippen LogP contribution in [0.15, 0.2) is 29.3 Å². The van der Waals surface area contributed by atoms with Gasteiger partial charge in [-0.25, -0.2) is 9.38 Å². The summed E-state index contributed by atoms with van der Waals surface area (Å²) in [5.74, 6) is 0.666. The number of nitrogens with one attached hydrogen (secondary N) is 2. The first-order valence-electron chi connectivity index (χ1n) is 8.72. The summed E-state index contributed by atoms with van der Waals surface area (Å²) in [7, 11) is 0. The van der Waals surface area contributed by atoms with Crippen molar-refractivity contribution in [1.29, 1.82) is 0 Å². The fourth-order valence-corrected chi connectivity index (χ4v) is 2.03. The van der Waals surface area contributed by atoms with Gasteiger partial charge in [0.15, 0.2) is 17.5 Å². The molecule has 1 unspecified atom stereocenters. The Balaban J connectivity index is 2.50. The van der Waals surface area contributed by atoms with Crippen LogP contribution in [-0.4, -0.2) is 44.9 Å². The zero-order chi connectivity index (χ0) is 17.6. The summed E-state index contributed by atoms with van der Waals surface area (Å²) in [5, 5.41) is 6.46. The molecule has 1 atom stereocenters. The molecule has 136 valence electrons. The molecule has 24 heavy (non-hydrogen) atoms. The lowest BCUT2D eigenvalue weighted by molar-refractivity contribution is 0.145. The van der Waals surface area contributed by atoms with E-state index in [1.54, 1.807) is 18.2 Å². The average molecular weight is 339 g/mol. The average Bonchev–Trinajstić information content (AvgIpc) is 2.59. The molecule has 1 aromatic carbocycles. The summed E-state index contributed by atoms with van der Waals surface area (Å²) in [6.45, 7) is 9.51. The van der Waals surface area contributed by atoms with E-state index in [-0.39, 0.29) is 17.7 Å². The van der Waals surface area contributed by atoms with Gasteiger partial charge in [0.2, 0.25) is 0 Å². The molecule has 0 aliphatic carbocycles. The van der Waals surface area contributed by atoms with Crippen LogP contribution in [0.5, 0.6) is 5.75 Å². The van der Waals surface area contributed by atoms with Gasteiger partial charge >= 0.3 is 0 Å². The number of ether oxygens (including phenoxy) is 2. The highest BCUT2D eigenvalue weighted by atomic mass is 19.1. The van der Waals surface area contributed by atoms with Crippen molar-refractivity contribution >= 4 is 5.96 Å². The third kappa shape index (κ3) is 8.15. The molecular weight excluding hydrogens is 309 g/mol. The van der Waals surface area contributed by atoms with Gasteiger partial charge in [0.1, 0.15) is 6.10 Å². The first kappa shape index (κ1) is 20.2. The molecule has 0 radical (unpaired) electrons. The summed E-state index contributed by atoms with van der Waals surface area (Å²) in [6.07, 6.45) is 1.50. The molecule has 0 bridgehead atoms. The van der Waals surface area contributed by atoms with Crippen molar-refractivity contribution < 1.29 is 13.9 Å². The molecule has 0 amide bonds. The number of guanidine groups is 1. The van der Waals surface area contributed by atoms with Gasteiger partial charge in [-0.3, -0.25) is 0 Å². The zero-order valence-corrected chi connectivity index (χ0v) is 15.0. The van der Waals surface area contributed by atoms with Crippen LogP contribution < -0.4 is 15.4 Å². The molecule has 0 saturated carbocycles. The van der Waals surface area contributed by atoms with Crippen molar-refractivity contribution in [2.75, 3.05) is 32.8 Å². The molecular formula is C18H30FN3O2. The van der Waals surface area contributed by atoms with Gasteiger partial charge < -0.3 is 20.1 Å².